The molecule has 20 heavy (non-hydrogen) atoms. The number of halogens is 1. The fourth-order valence-electron chi connectivity index (χ4n) is 2.79. The minimum atomic E-state index is 0. The summed E-state index contributed by atoms with van der Waals surface area (Å²) in [6.45, 7) is 4.90. The molecule has 0 aromatic carbocycles. The van der Waals surface area contributed by atoms with Gasteiger partial charge in [-0.1, -0.05) is 12.5 Å². The lowest BCUT2D eigenvalue weighted by Crippen LogP contribution is -2.38. The minimum absolute atomic E-state index is 0. The number of rotatable bonds is 5. The molecule has 1 amide bonds. The highest BCUT2D eigenvalue weighted by molar-refractivity contribution is 7.09. The van der Waals surface area contributed by atoms with Crippen LogP contribution >= 0.6 is 23.7 Å². The maximum atomic E-state index is 12.5. The minimum Gasteiger partial charge on any atom is -0.335 e. The van der Waals surface area contributed by atoms with E-state index in [9.17, 15) is 4.79 Å². The zero-order valence-electron chi connectivity index (χ0n) is 12.2. The Morgan fingerprint density at radius 1 is 1.50 bits per heavy atom. The van der Waals surface area contributed by atoms with Crippen LogP contribution < -0.4 is 5.73 Å². The van der Waals surface area contributed by atoms with Gasteiger partial charge in [0, 0.05) is 23.4 Å². The van der Waals surface area contributed by atoms with Crippen molar-refractivity contribution in [3.63, 3.8) is 0 Å². The Morgan fingerprint density at radius 3 is 2.75 bits per heavy atom. The monoisotopic (exact) mass is 316 g/mol. The number of hydrogen-bond acceptors (Lipinski definition) is 3. The highest BCUT2D eigenvalue weighted by Crippen LogP contribution is 2.28. The molecule has 0 unspecified atom stereocenters. The number of hydrogen-bond donors (Lipinski definition) is 1. The van der Waals surface area contributed by atoms with Gasteiger partial charge in [-0.15, -0.1) is 23.7 Å². The molecule has 5 heteroatoms. The molecule has 0 aliphatic heterocycles. The van der Waals surface area contributed by atoms with Crippen LogP contribution in [-0.4, -0.2) is 22.9 Å². The summed E-state index contributed by atoms with van der Waals surface area (Å²) in [4.78, 5) is 15.7. The van der Waals surface area contributed by atoms with Gasteiger partial charge in [0.25, 0.3) is 0 Å². The van der Waals surface area contributed by atoms with Gasteiger partial charge in [-0.05, 0) is 44.1 Å². The fraction of sp³-hybridized carbons (Fsp3) is 0.667. The van der Waals surface area contributed by atoms with Crippen LogP contribution in [0.5, 0.6) is 0 Å². The first kappa shape index (κ1) is 17.5. The van der Waals surface area contributed by atoms with Crippen LogP contribution in [0.2, 0.25) is 0 Å². The predicted molar refractivity (Wildman–Crippen MR) is 87.2 cm³/mol. The van der Waals surface area contributed by atoms with E-state index in [0.29, 0.717) is 12.3 Å². The maximum Gasteiger partial charge on any atom is 0.223 e. The summed E-state index contributed by atoms with van der Waals surface area (Å²) in [6.07, 6.45) is 3.97. The van der Waals surface area contributed by atoms with Crippen molar-refractivity contribution in [1.29, 1.82) is 0 Å². The van der Waals surface area contributed by atoms with E-state index in [-0.39, 0.29) is 30.4 Å². The van der Waals surface area contributed by atoms with Crippen LogP contribution in [0.3, 0.4) is 0 Å². The molecule has 1 aromatic heterocycles. The van der Waals surface area contributed by atoms with Gasteiger partial charge in [-0.3, -0.25) is 4.79 Å². The summed E-state index contributed by atoms with van der Waals surface area (Å²) < 4.78 is 0. The number of amides is 1. The van der Waals surface area contributed by atoms with E-state index in [0.717, 1.165) is 19.4 Å². The van der Waals surface area contributed by atoms with E-state index < -0.39 is 0 Å². The molecule has 1 fully saturated rings. The Kier molecular flexibility index (Phi) is 7.00. The van der Waals surface area contributed by atoms with Crippen LogP contribution in [-0.2, 0) is 11.3 Å². The number of thiophene rings is 1. The normalized spacial score (nSPS) is 21.8. The van der Waals surface area contributed by atoms with Crippen molar-refractivity contribution < 1.29 is 4.79 Å². The Balaban J connectivity index is 0.00000200. The van der Waals surface area contributed by atoms with Crippen molar-refractivity contribution in [2.75, 3.05) is 0 Å². The molecule has 0 bridgehead atoms. The lowest BCUT2D eigenvalue weighted by molar-refractivity contribution is -0.134. The van der Waals surface area contributed by atoms with Crippen LogP contribution in [0, 0.1) is 5.92 Å². The van der Waals surface area contributed by atoms with Gasteiger partial charge >= 0.3 is 0 Å². The average molecular weight is 317 g/mol. The summed E-state index contributed by atoms with van der Waals surface area (Å²) in [7, 11) is 0. The third-order valence-corrected chi connectivity index (χ3v) is 4.87. The molecule has 2 atom stereocenters. The SMILES string of the molecule is CC(C)N(Cc1cccs1)C(=O)C[C@@H]1CCC[C@H]1N.Cl. The molecule has 3 nitrogen and oxygen atoms in total. The second-order valence-electron chi connectivity index (χ2n) is 5.75. The van der Waals surface area contributed by atoms with E-state index in [1.165, 1.54) is 11.3 Å². The van der Waals surface area contributed by atoms with E-state index in [1.54, 1.807) is 11.3 Å². The Hall–Kier alpha value is -0.580. The number of carbonyl (C=O) groups is 1. The standard InChI is InChI=1S/C15H24N2OS.ClH/c1-11(2)17(10-13-6-4-8-19-13)15(18)9-12-5-3-7-14(12)16;/h4,6,8,11-12,14H,3,5,7,9-10,16H2,1-2H3;1H/t12-,14+;/m0./s1. The van der Waals surface area contributed by atoms with Gasteiger partial charge < -0.3 is 10.6 Å². The van der Waals surface area contributed by atoms with Crippen LogP contribution in [0.1, 0.15) is 44.4 Å². The first-order valence-corrected chi connectivity index (χ1v) is 8.03. The molecule has 1 aromatic rings. The van der Waals surface area contributed by atoms with Gasteiger partial charge in [-0.2, -0.15) is 0 Å². The van der Waals surface area contributed by atoms with E-state index in [4.69, 9.17) is 5.73 Å². The van der Waals surface area contributed by atoms with Crippen LogP contribution in [0.25, 0.3) is 0 Å². The van der Waals surface area contributed by atoms with Gasteiger partial charge in [0.05, 0.1) is 6.54 Å². The molecule has 0 saturated heterocycles. The zero-order valence-corrected chi connectivity index (χ0v) is 13.9. The van der Waals surface area contributed by atoms with Gasteiger partial charge in [0.1, 0.15) is 0 Å². The molecule has 0 spiro atoms. The first-order valence-electron chi connectivity index (χ1n) is 7.15. The quantitative estimate of drug-likeness (QED) is 0.904. The Labute approximate surface area is 131 Å². The molecule has 1 saturated carbocycles. The van der Waals surface area contributed by atoms with Gasteiger partial charge in [0.15, 0.2) is 0 Å². The van der Waals surface area contributed by atoms with Gasteiger partial charge in [-0.25, -0.2) is 0 Å². The summed E-state index contributed by atoms with van der Waals surface area (Å²) in [5.74, 6) is 0.642. The van der Waals surface area contributed by atoms with Crippen molar-refractivity contribution >= 4 is 29.7 Å². The van der Waals surface area contributed by atoms with Crippen LogP contribution in [0.15, 0.2) is 17.5 Å². The van der Waals surface area contributed by atoms with E-state index in [2.05, 4.69) is 25.3 Å². The first-order chi connectivity index (χ1) is 9.08. The summed E-state index contributed by atoms with van der Waals surface area (Å²) in [6, 6.07) is 4.59. The second-order valence-corrected chi connectivity index (χ2v) is 6.79. The third kappa shape index (κ3) is 4.47. The topological polar surface area (TPSA) is 46.3 Å². The molecule has 1 heterocycles. The smallest absolute Gasteiger partial charge is 0.223 e. The van der Waals surface area contributed by atoms with E-state index >= 15 is 0 Å². The lowest BCUT2D eigenvalue weighted by Gasteiger charge is -2.28. The van der Waals surface area contributed by atoms with Gasteiger partial charge in [0.2, 0.25) is 5.91 Å². The zero-order chi connectivity index (χ0) is 13.8. The van der Waals surface area contributed by atoms with Crippen molar-refractivity contribution in [2.45, 2.75) is 58.2 Å². The Morgan fingerprint density at radius 2 is 2.25 bits per heavy atom. The molecule has 2 rings (SSSR count). The largest absolute Gasteiger partial charge is 0.335 e. The summed E-state index contributed by atoms with van der Waals surface area (Å²) >= 11 is 1.71. The predicted octanol–water partition coefficient (Wildman–Crippen LogP) is 3.42. The third-order valence-electron chi connectivity index (χ3n) is 4.00. The van der Waals surface area contributed by atoms with Crippen molar-refractivity contribution in [1.82, 2.24) is 4.90 Å². The highest BCUT2D eigenvalue weighted by Gasteiger charge is 2.28. The fourth-order valence-corrected chi connectivity index (χ4v) is 3.49. The van der Waals surface area contributed by atoms with E-state index in [1.807, 2.05) is 11.0 Å². The average Bonchev–Trinajstić information content (AvgIpc) is 2.98. The maximum absolute atomic E-state index is 12.5. The van der Waals surface area contributed by atoms with Crippen molar-refractivity contribution in [3.05, 3.63) is 22.4 Å². The second kappa shape index (κ2) is 8.01. The summed E-state index contributed by atoms with van der Waals surface area (Å²) in [5, 5.41) is 2.06. The summed E-state index contributed by atoms with van der Waals surface area (Å²) in [5.41, 5.74) is 6.07. The number of nitrogens with zero attached hydrogens (tertiary/aromatic N) is 1. The molecule has 1 aliphatic carbocycles. The lowest BCUT2D eigenvalue weighted by atomic mass is 9.99. The highest BCUT2D eigenvalue weighted by atomic mass is 35.5. The van der Waals surface area contributed by atoms with Crippen molar-refractivity contribution in [2.24, 2.45) is 11.7 Å². The Bertz CT molecular complexity index is 408. The molecule has 0 radical (unpaired) electrons. The molecule has 1 aliphatic rings. The number of nitrogens with two attached hydrogens (primary N) is 1. The molecular weight excluding hydrogens is 292 g/mol. The number of carbonyl (C=O) groups excluding carboxylic acids is 1. The molecule has 2 N–H and O–H groups in total. The van der Waals surface area contributed by atoms with Crippen LogP contribution in [0.4, 0.5) is 0 Å². The van der Waals surface area contributed by atoms with Crippen molar-refractivity contribution in [3.8, 4) is 0 Å². The molecule has 114 valence electrons. The molecular formula is C15H25ClN2OS.